The van der Waals surface area contributed by atoms with Crippen molar-refractivity contribution in [3.8, 4) is 0 Å². The third-order valence-corrected chi connectivity index (χ3v) is 5.00. The first-order valence-corrected chi connectivity index (χ1v) is 8.73. The van der Waals surface area contributed by atoms with Gasteiger partial charge in [0, 0.05) is 11.4 Å². The Morgan fingerprint density at radius 3 is 2.37 bits per heavy atom. The average molecular weight is 280 g/mol. The minimum absolute atomic E-state index is 0.141. The smallest absolute Gasteiger partial charge is 0.113 e. The molecule has 1 aliphatic rings. The molecule has 0 atom stereocenters. The van der Waals surface area contributed by atoms with Crippen LogP contribution < -0.4 is 5.32 Å². The van der Waals surface area contributed by atoms with Crippen LogP contribution in [0.5, 0.6) is 0 Å². The second-order valence-electron chi connectivity index (χ2n) is 6.23. The molecule has 0 spiro atoms. The topological polar surface area (TPSA) is 24.9 Å². The Hall–Kier alpha value is -0.410. The van der Waals surface area contributed by atoms with E-state index in [1.165, 1.54) is 49.2 Å². The molecule has 1 N–H and O–H groups in total. The maximum absolute atomic E-state index is 4.96. The fraction of sp³-hybridized carbons (Fsp3) is 0.812. The lowest BCUT2D eigenvalue weighted by Gasteiger charge is -2.33. The van der Waals surface area contributed by atoms with Gasteiger partial charge < -0.3 is 5.32 Å². The summed E-state index contributed by atoms with van der Waals surface area (Å²) in [6.45, 7) is 9.04. The van der Waals surface area contributed by atoms with E-state index in [1.54, 1.807) is 0 Å². The van der Waals surface area contributed by atoms with Crippen molar-refractivity contribution >= 4 is 11.3 Å². The SMILES string of the molecule is CCCC(CCC)(NC1CC1)c1nc(C(C)C)cs1. The lowest BCUT2D eigenvalue weighted by Crippen LogP contribution is -2.43. The van der Waals surface area contributed by atoms with Crippen LogP contribution in [-0.2, 0) is 5.54 Å². The molecular formula is C16H28N2S. The minimum Gasteiger partial charge on any atom is -0.303 e. The maximum Gasteiger partial charge on any atom is 0.113 e. The molecule has 1 aliphatic carbocycles. The van der Waals surface area contributed by atoms with E-state index in [2.05, 4.69) is 38.4 Å². The molecule has 3 heteroatoms. The predicted octanol–water partition coefficient (Wildman–Crippen LogP) is 4.81. The first-order valence-electron chi connectivity index (χ1n) is 7.85. The first-order chi connectivity index (χ1) is 9.11. The molecule has 0 saturated heterocycles. The zero-order valence-electron chi connectivity index (χ0n) is 12.8. The molecule has 2 nitrogen and oxygen atoms in total. The quantitative estimate of drug-likeness (QED) is 0.739. The third-order valence-electron chi connectivity index (χ3n) is 3.93. The van der Waals surface area contributed by atoms with Crippen LogP contribution in [0.2, 0.25) is 0 Å². The van der Waals surface area contributed by atoms with Gasteiger partial charge in [-0.1, -0.05) is 40.5 Å². The van der Waals surface area contributed by atoms with Gasteiger partial charge in [0.05, 0.1) is 11.2 Å². The highest BCUT2D eigenvalue weighted by Crippen LogP contribution is 2.38. The molecule has 19 heavy (non-hydrogen) atoms. The average Bonchev–Trinajstić information content (AvgIpc) is 3.02. The maximum atomic E-state index is 4.96. The van der Waals surface area contributed by atoms with Crippen LogP contribution in [0, 0.1) is 0 Å². The van der Waals surface area contributed by atoms with Gasteiger partial charge in [0.1, 0.15) is 5.01 Å². The number of thiazole rings is 1. The molecule has 2 rings (SSSR count). The highest BCUT2D eigenvalue weighted by Gasteiger charge is 2.38. The van der Waals surface area contributed by atoms with Gasteiger partial charge >= 0.3 is 0 Å². The third kappa shape index (κ3) is 3.57. The summed E-state index contributed by atoms with van der Waals surface area (Å²) in [6.07, 6.45) is 7.55. The molecule has 1 saturated carbocycles. The number of nitrogens with one attached hydrogen (secondary N) is 1. The van der Waals surface area contributed by atoms with Gasteiger partial charge in [0.15, 0.2) is 0 Å². The van der Waals surface area contributed by atoms with Crippen molar-refractivity contribution in [2.75, 3.05) is 0 Å². The predicted molar refractivity (Wildman–Crippen MR) is 83.9 cm³/mol. The van der Waals surface area contributed by atoms with Crippen LogP contribution in [0.15, 0.2) is 5.38 Å². The van der Waals surface area contributed by atoms with Crippen molar-refractivity contribution in [2.45, 2.75) is 83.7 Å². The number of hydrogen-bond donors (Lipinski definition) is 1. The van der Waals surface area contributed by atoms with Crippen molar-refractivity contribution in [3.63, 3.8) is 0 Å². The standard InChI is InChI=1S/C16H28N2S/c1-5-9-16(10-6-2,18-13-7-8-13)15-17-14(11-19-15)12(3)4/h11-13,18H,5-10H2,1-4H3. The van der Waals surface area contributed by atoms with E-state index in [9.17, 15) is 0 Å². The van der Waals surface area contributed by atoms with Crippen LogP contribution in [0.4, 0.5) is 0 Å². The van der Waals surface area contributed by atoms with E-state index in [1.807, 2.05) is 11.3 Å². The highest BCUT2D eigenvalue weighted by atomic mass is 32.1. The lowest BCUT2D eigenvalue weighted by molar-refractivity contribution is 0.275. The summed E-state index contributed by atoms with van der Waals surface area (Å²) in [5.41, 5.74) is 1.40. The van der Waals surface area contributed by atoms with Crippen LogP contribution in [0.25, 0.3) is 0 Å². The van der Waals surface area contributed by atoms with Crippen molar-refractivity contribution in [3.05, 3.63) is 16.1 Å². The second-order valence-corrected chi connectivity index (χ2v) is 7.09. The molecule has 0 aliphatic heterocycles. The normalized spacial score (nSPS) is 16.3. The van der Waals surface area contributed by atoms with E-state index in [4.69, 9.17) is 4.98 Å². The number of rotatable bonds is 8. The van der Waals surface area contributed by atoms with Gasteiger partial charge in [-0.2, -0.15) is 0 Å². The van der Waals surface area contributed by atoms with Gasteiger partial charge in [0.25, 0.3) is 0 Å². The molecule has 1 heterocycles. The molecule has 0 amide bonds. The Labute approximate surface area is 122 Å². The van der Waals surface area contributed by atoms with E-state index >= 15 is 0 Å². The molecular weight excluding hydrogens is 252 g/mol. The summed E-state index contributed by atoms with van der Waals surface area (Å²) in [5, 5.41) is 7.51. The molecule has 0 radical (unpaired) electrons. The Kier molecular flexibility index (Phi) is 5.02. The summed E-state index contributed by atoms with van der Waals surface area (Å²) < 4.78 is 0. The van der Waals surface area contributed by atoms with E-state index in [0.29, 0.717) is 5.92 Å². The summed E-state index contributed by atoms with van der Waals surface area (Å²) in [7, 11) is 0. The Balaban J connectivity index is 2.26. The van der Waals surface area contributed by atoms with E-state index in [-0.39, 0.29) is 5.54 Å². The summed E-state index contributed by atoms with van der Waals surface area (Å²) >= 11 is 1.86. The van der Waals surface area contributed by atoms with Crippen molar-refractivity contribution < 1.29 is 0 Å². The fourth-order valence-corrected chi connectivity index (χ4v) is 3.99. The Morgan fingerprint density at radius 1 is 1.32 bits per heavy atom. The van der Waals surface area contributed by atoms with E-state index < -0.39 is 0 Å². The second kappa shape index (κ2) is 6.36. The van der Waals surface area contributed by atoms with E-state index in [0.717, 1.165) is 6.04 Å². The number of hydrogen-bond acceptors (Lipinski definition) is 3. The van der Waals surface area contributed by atoms with Crippen LogP contribution >= 0.6 is 11.3 Å². The van der Waals surface area contributed by atoms with Crippen LogP contribution in [0.3, 0.4) is 0 Å². The zero-order chi connectivity index (χ0) is 13.9. The molecule has 1 aromatic rings. The lowest BCUT2D eigenvalue weighted by atomic mass is 9.89. The monoisotopic (exact) mass is 280 g/mol. The van der Waals surface area contributed by atoms with Crippen molar-refractivity contribution in [2.24, 2.45) is 0 Å². The largest absolute Gasteiger partial charge is 0.303 e. The molecule has 1 aromatic heterocycles. The van der Waals surface area contributed by atoms with Crippen LogP contribution in [0.1, 0.15) is 82.8 Å². The van der Waals surface area contributed by atoms with Gasteiger partial charge in [-0.15, -0.1) is 11.3 Å². The van der Waals surface area contributed by atoms with Crippen molar-refractivity contribution in [1.82, 2.24) is 10.3 Å². The highest BCUT2D eigenvalue weighted by molar-refractivity contribution is 7.09. The van der Waals surface area contributed by atoms with Gasteiger partial charge in [-0.25, -0.2) is 4.98 Å². The van der Waals surface area contributed by atoms with Crippen molar-refractivity contribution in [1.29, 1.82) is 0 Å². The minimum atomic E-state index is 0.141. The Morgan fingerprint density at radius 2 is 1.95 bits per heavy atom. The summed E-state index contributed by atoms with van der Waals surface area (Å²) in [4.78, 5) is 4.96. The number of nitrogens with zero attached hydrogens (tertiary/aromatic N) is 1. The van der Waals surface area contributed by atoms with Gasteiger partial charge in [-0.05, 0) is 31.6 Å². The number of aromatic nitrogens is 1. The summed E-state index contributed by atoms with van der Waals surface area (Å²) in [6, 6.07) is 0.740. The van der Waals surface area contributed by atoms with Gasteiger partial charge in [0.2, 0.25) is 0 Å². The molecule has 0 unspecified atom stereocenters. The Bertz CT molecular complexity index is 387. The molecule has 0 aromatic carbocycles. The van der Waals surface area contributed by atoms with Crippen LogP contribution in [-0.4, -0.2) is 11.0 Å². The molecule has 1 fully saturated rings. The first kappa shape index (κ1) is 15.0. The summed E-state index contributed by atoms with van der Waals surface area (Å²) in [5.74, 6) is 0.534. The molecule has 0 bridgehead atoms. The zero-order valence-corrected chi connectivity index (χ0v) is 13.6. The molecule has 108 valence electrons. The van der Waals surface area contributed by atoms with Gasteiger partial charge in [-0.3, -0.25) is 0 Å². The fourth-order valence-electron chi connectivity index (χ4n) is 2.79.